The first kappa shape index (κ1) is 46.0. The number of phosphoric ester groups is 1. The molecule has 0 saturated carbocycles. The van der Waals surface area contributed by atoms with E-state index in [1.165, 1.54) is 32.1 Å². The molecule has 0 saturated heterocycles. The number of hydrogen-bond donors (Lipinski definition) is 1. The third-order valence-electron chi connectivity index (χ3n) is 7.47. The van der Waals surface area contributed by atoms with Crippen LogP contribution >= 0.6 is 7.82 Å². The number of likely N-dealkylation sites (N-methyl/N-ethyl adjacent to an activating group) is 1. The molecule has 0 aliphatic heterocycles. The van der Waals surface area contributed by atoms with Crippen molar-refractivity contribution in [2.75, 3.05) is 47.5 Å². The second-order valence-corrected chi connectivity index (χ2v) is 14.8. The average molecular weight is 699 g/mol. The third kappa shape index (κ3) is 33.9. The Morgan fingerprint density at radius 2 is 1.19 bits per heavy atom. The van der Waals surface area contributed by atoms with Crippen molar-refractivity contribution in [1.29, 1.82) is 0 Å². The lowest BCUT2D eigenvalue weighted by atomic mass is 10.1. The second kappa shape index (κ2) is 31.0. The van der Waals surface area contributed by atoms with Crippen molar-refractivity contribution >= 4 is 19.8 Å². The molecule has 278 valence electrons. The highest BCUT2D eigenvalue weighted by Gasteiger charge is 2.27. The lowest BCUT2D eigenvalue weighted by molar-refractivity contribution is -0.870. The average Bonchev–Trinajstić information content (AvgIpc) is 3.02. The third-order valence-corrected chi connectivity index (χ3v) is 8.45. The summed E-state index contributed by atoms with van der Waals surface area (Å²) in [4.78, 5) is 35.1. The van der Waals surface area contributed by atoms with Gasteiger partial charge in [0, 0.05) is 12.8 Å². The molecule has 1 unspecified atom stereocenters. The second-order valence-electron chi connectivity index (χ2n) is 13.3. The van der Waals surface area contributed by atoms with Gasteiger partial charge in [0.1, 0.15) is 19.8 Å². The molecule has 0 amide bonds. The molecule has 0 aromatic heterocycles. The van der Waals surface area contributed by atoms with Crippen LogP contribution in [0.5, 0.6) is 0 Å². The van der Waals surface area contributed by atoms with Crippen molar-refractivity contribution in [1.82, 2.24) is 0 Å². The topological polar surface area (TPSA) is 108 Å². The summed E-state index contributed by atoms with van der Waals surface area (Å²) >= 11 is 0. The molecule has 10 heteroatoms. The van der Waals surface area contributed by atoms with Crippen molar-refractivity contribution < 1.29 is 42.1 Å². The van der Waals surface area contributed by atoms with E-state index in [9.17, 15) is 19.0 Å². The van der Waals surface area contributed by atoms with E-state index in [1.807, 2.05) is 51.5 Å². The molecule has 0 heterocycles. The Kier molecular flexibility index (Phi) is 29.7. The van der Waals surface area contributed by atoms with Crippen molar-refractivity contribution in [2.45, 2.75) is 136 Å². The minimum Gasteiger partial charge on any atom is -0.462 e. The predicted octanol–water partition coefficient (Wildman–Crippen LogP) is 9.57. The zero-order chi connectivity index (χ0) is 35.8. The Hall–Kier alpha value is -2.03. The summed E-state index contributed by atoms with van der Waals surface area (Å²) in [6.07, 6.45) is 33.1. The van der Waals surface area contributed by atoms with E-state index in [2.05, 4.69) is 32.1 Å². The van der Waals surface area contributed by atoms with E-state index in [0.717, 1.165) is 57.8 Å². The maximum absolute atomic E-state index is 12.5. The molecule has 48 heavy (non-hydrogen) atoms. The summed E-state index contributed by atoms with van der Waals surface area (Å²) in [6.45, 7) is 4.20. The van der Waals surface area contributed by atoms with Gasteiger partial charge < -0.3 is 18.9 Å². The van der Waals surface area contributed by atoms with Crippen molar-refractivity contribution in [3.63, 3.8) is 0 Å². The number of carbonyl (C=O) groups is 2. The molecule has 0 aromatic rings. The minimum absolute atomic E-state index is 0.0264. The van der Waals surface area contributed by atoms with Crippen molar-refractivity contribution in [2.24, 2.45) is 0 Å². The molecule has 0 bridgehead atoms. The first-order valence-corrected chi connectivity index (χ1v) is 19.9. The van der Waals surface area contributed by atoms with Crippen LogP contribution in [0.25, 0.3) is 0 Å². The molecule has 0 fully saturated rings. The van der Waals surface area contributed by atoms with E-state index >= 15 is 0 Å². The van der Waals surface area contributed by atoms with Gasteiger partial charge in [0.15, 0.2) is 6.10 Å². The number of allylic oxidation sites excluding steroid dienone is 8. The highest BCUT2D eigenvalue weighted by atomic mass is 31.2. The number of rotatable bonds is 32. The minimum atomic E-state index is -4.37. The number of nitrogens with zero attached hydrogens (tertiary/aromatic N) is 1. The van der Waals surface area contributed by atoms with E-state index in [4.69, 9.17) is 18.5 Å². The fraction of sp³-hybridized carbons (Fsp3) is 0.737. The quantitative estimate of drug-likeness (QED) is 0.0243. The Morgan fingerprint density at radius 3 is 1.77 bits per heavy atom. The summed E-state index contributed by atoms with van der Waals surface area (Å²) in [5.41, 5.74) is 0. The number of phosphoric acid groups is 1. The van der Waals surface area contributed by atoms with Crippen LogP contribution in [0.15, 0.2) is 48.6 Å². The lowest BCUT2D eigenvalue weighted by Crippen LogP contribution is -2.37. The summed E-state index contributed by atoms with van der Waals surface area (Å²) in [5, 5.41) is 0. The van der Waals surface area contributed by atoms with Crippen molar-refractivity contribution in [3.8, 4) is 0 Å². The smallest absolute Gasteiger partial charge is 0.462 e. The van der Waals surface area contributed by atoms with Crippen LogP contribution in [0, 0.1) is 0 Å². The number of carbonyl (C=O) groups excluding carboxylic acids is 2. The van der Waals surface area contributed by atoms with Crippen molar-refractivity contribution in [3.05, 3.63) is 48.6 Å². The number of hydrogen-bond acceptors (Lipinski definition) is 7. The van der Waals surface area contributed by atoms with Gasteiger partial charge in [-0.25, -0.2) is 4.57 Å². The first-order chi connectivity index (χ1) is 23.0. The molecule has 9 nitrogen and oxygen atoms in total. The Bertz CT molecular complexity index is 970. The largest absolute Gasteiger partial charge is 0.472 e. The van der Waals surface area contributed by atoms with Crippen LogP contribution < -0.4 is 0 Å². The lowest BCUT2D eigenvalue weighted by Gasteiger charge is -2.24. The Balaban J connectivity index is 4.48. The van der Waals surface area contributed by atoms with Gasteiger partial charge >= 0.3 is 19.8 Å². The molecule has 1 N–H and O–H groups in total. The normalized spacial score (nSPS) is 14.4. The van der Waals surface area contributed by atoms with Crippen LogP contribution in [0.4, 0.5) is 0 Å². The summed E-state index contributed by atoms with van der Waals surface area (Å²) < 4.78 is 34.0. The van der Waals surface area contributed by atoms with Crippen LogP contribution in [-0.2, 0) is 32.7 Å². The Labute approximate surface area is 293 Å². The molecule has 0 spiro atoms. The van der Waals surface area contributed by atoms with Gasteiger partial charge in [0.25, 0.3) is 0 Å². The number of esters is 2. The number of ether oxygens (including phenoxy) is 2. The van der Waals surface area contributed by atoms with Crippen LogP contribution in [0.1, 0.15) is 129 Å². The molecular formula is C38H69NO8P+. The molecule has 0 aliphatic carbocycles. The van der Waals surface area contributed by atoms with E-state index in [0.29, 0.717) is 23.9 Å². The van der Waals surface area contributed by atoms with Gasteiger partial charge in [0.2, 0.25) is 0 Å². The van der Waals surface area contributed by atoms with Crippen LogP contribution in [-0.4, -0.2) is 74.9 Å². The molecular weight excluding hydrogens is 629 g/mol. The molecule has 2 atom stereocenters. The summed E-state index contributed by atoms with van der Waals surface area (Å²) in [6, 6.07) is 0. The highest BCUT2D eigenvalue weighted by molar-refractivity contribution is 7.47. The predicted molar refractivity (Wildman–Crippen MR) is 196 cm³/mol. The first-order valence-electron chi connectivity index (χ1n) is 18.4. The number of unbranched alkanes of at least 4 members (excludes halogenated alkanes) is 13. The van der Waals surface area contributed by atoms with Gasteiger partial charge in [-0.2, -0.15) is 0 Å². The number of quaternary nitrogens is 1. The standard InChI is InChI=1S/C38H68NO8P/c1-6-8-10-12-14-16-17-18-19-20-21-23-24-26-28-30-37(40)44-34-36(35-46-48(42,43)45-33-32-39(3,4)5)47-38(41)31-29-27-25-22-15-13-11-9-7-2/h8,10,12,14,16-19,36H,6-7,9,11,13,15,20-35H2,1-5H3/p+1/b10-8+,14-12+,17-16+,19-18+/t36-/m0/s1. The Morgan fingerprint density at radius 1 is 0.667 bits per heavy atom. The zero-order valence-electron chi connectivity index (χ0n) is 31.0. The van der Waals surface area contributed by atoms with Gasteiger partial charge in [-0.3, -0.25) is 18.6 Å². The van der Waals surface area contributed by atoms with E-state index in [1.54, 1.807) is 0 Å². The summed E-state index contributed by atoms with van der Waals surface area (Å²) in [5.74, 6) is -0.834. The van der Waals surface area contributed by atoms with Crippen LogP contribution in [0.3, 0.4) is 0 Å². The molecule has 0 aliphatic rings. The van der Waals surface area contributed by atoms with Gasteiger partial charge in [-0.1, -0.05) is 133 Å². The summed E-state index contributed by atoms with van der Waals surface area (Å²) in [7, 11) is 1.45. The SMILES string of the molecule is CC/C=C/C=C/C=C/C=C/CCCCCCCC(=O)OC[C@@H](COP(=O)(O)OCC[N+](C)(C)C)OC(=O)CCCCCCCCCCC. The van der Waals surface area contributed by atoms with E-state index in [-0.39, 0.29) is 26.1 Å². The molecule has 0 radical (unpaired) electrons. The van der Waals surface area contributed by atoms with E-state index < -0.39 is 32.5 Å². The van der Waals surface area contributed by atoms with Gasteiger partial charge in [0.05, 0.1) is 27.7 Å². The highest BCUT2D eigenvalue weighted by Crippen LogP contribution is 2.43. The fourth-order valence-electron chi connectivity index (χ4n) is 4.55. The monoisotopic (exact) mass is 698 g/mol. The maximum atomic E-state index is 12.5. The molecule has 0 rings (SSSR count). The van der Waals surface area contributed by atoms with Gasteiger partial charge in [-0.05, 0) is 32.1 Å². The van der Waals surface area contributed by atoms with Crippen LogP contribution in [0.2, 0.25) is 0 Å². The molecule has 0 aromatic carbocycles. The van der Waals surface area contributed by atoms with Gasteiger partial charge in [-0.15, -0.1) is 0 Å². The fourth-order valence-corrected chi connectivity index (χ4v) is 5.29. The zero-order valence-corrected chi connectivity index (χ0v) is 31.8. The maximum Gasteiger partial charge on any atom is 0.472 e.